The SMILES string of the molecule is COC1=CC=C(Br)[C@H](O)[C@@H]1O. The monoisotopic (exact) mass is 220 g/mol. The van der Waals surface area contributed by atoms with Crippen LogP contribution in [0.5, 0.6) is 0 Å². The van der Waals surface area contributed by atoms with Crippen molar-refractivity contribution in [3.05, 3.63) is 22.4 Å². The average Bonchev–Trinajstić information content (AvgIpc) is 2.01. The Morgan fingerprint density at radius 2 is 2.00 bits per heavy atom. The van der Waals surface area contributed by atoms with Crippen LogP contribution >= 0.6 is 15.9 Å². The summed E-state index contributed by atoms with van der Waals surface area (Å²) in [6.45, 7) is 0. The molecule has 0 saturated carbocycles. The zero-order valence-electron chi connectivity index (χ0n) is 5.99. The Kier molecular flexibility index (Phi) is 2.70. The van der Waals surface area contributed by atoms with Crippen molar-refractivity contribution in [1.29, 1.82) is 0 Å². The highest BCUT2D eigenvalue weighted by Crippen LogP contribution is 2.23. The molecule has 2 N–H and O–H groups in total. The number of allylic oxidation sites excluding steroid dienone is 2. The van der Waals surface area contributed by atoms with Gasteiger partial charge in [0.25, 0.3) is 0 Å². The number of methoxy groups -OCH3 is 1. The minimum Gasteiger partial charge on any atom is -0.498 e. The Morgan fingerprint density at radius 3 is 2.55 bits per heavy atom. The van der Waals surface area contributed by atoms with Crippen LogP contribution in [-0.2, 0) is 4.74 Å². The van der Waals surface area contributed by atoms with E-state index in [2.05, 4.69) is 15.9 Å². The van der Waals surface area contributed by atoms with Gasteiger partial charge in [-0.25, -0.2) is 0 Å². The summed E-state index contributed by atoms with van der Waals surface area (Å²) in [6, 6.07) is 0. The van der Waals surface area contributed by atoms with Gasteiger partial charge in [0.15, 0.2) is 0 Å². The first-order valence-electron chi connectivity index (χ1n) is 3.14. The minimum absolute atomic E-state index is 0.376. The topological polar surface area (TPSA) is 49.7 Å². The number of hydrogen-bond acceptors (Lipinski definition) is 3. The maximum absolute atomic E-state index is 9.29. The molecule has 0 aromatic heterocycles. The molecule has 0 aromatic rings. The van der Waals surface area contributed by atoms with E-state index >= 15 is 0 Å². The zero-order valence-corrected chi connectivity index (χ0v) is 7.58. The third kappa shape index (κ3) is 1.64. The first-order chi connectivity index (χ1) is 5.16. The van der Waals surface area contributed by atoms with Crippen LogP contribution in [0.1, 0.15) is 0 Å². The van der Waals surface area contributed by atoms with Gasteiger partial charge >= 0.3 is 0 Å². The molecule has 0 unspecified atom stereocenters. The van der Waals surface area contributed by atoms with Gasteiger partial charge in [-0.05, 0) is 12.2 Å². The van der Waals surface area contributed by atoms with Crippen LogP contribution in [-0.4, -0.2) is 29.5 Å². The number of aliphatic hydroxyl groups excluding tert-OH is 2. The fourth-order valence-corrected chi connectivity index (χ4v) is 1.24. The summed E-state index contributed by atoms with van der Waals surface area (Å²) in [5.74, 6) is 0.376. The molecule has 1 rings (SSSR count). The number of aliphatic hydroxyl groups is 2. The van der Waals surface area contributed by atoms with E-state index < -0.39 is 12.2 Å². The molecule has 3 nitrogen and oxygen atoms in total. The van der Waals surface area contributed by atoms with Gasteiger partial charge in [-0.1, -0.05) is 15.9 Å². The van der Waals surface area contributed by atoms with E-state index in [1.54, 1.807) is 12.2 Å². The van der Waals surface area contributed by atoms with Crippen molar-refractivity contribution in [2.24, 2.45) is 0 Å². The van der Waals surface area contributed by atoms with E-state index in [1.165, 1.54) is 7.11 Å². The molecule has 0 radical (unpaired) electrons. The number of rotatable bonds is 1. The van der Waals surface area contributed by atoms with E-state index in [1.807, 2.05) is 0 Å². The van der Waals surface area contributed by atoms with E-state index in [-0.39, 0.29) is 0 Å². The Hall–Kier alpha value is -0.320. The first-order valence-corrected chi connectivity index (χ1v) is 3.93. The Morgan fingerprint density at radius 1 is 1.36 bits per heavy atom. The van der Waals surface area contributed by atoms with Crippen LogP contribution in [0.15, 0.2) is 22.4 Å². The van der Waals surface area contributed by atoms with Gasteiger partial charge in [0.2, 0.25) is 0 Å². The van der Waals surface area contributed by atoms with E-state index in [9.17, 15) is 10.2 Å². The van der Waals surface area contributed by atoms with Crippen molar-refractivity contribution >= 4 is 15.9 Å². The molecule has 0 heterocycles. The number of ether oxygens (including phenoxy) is 1. The molecule has 0 amide bonds. The molecule has 0 saturated heterocycles. The summed E-state index contributed by atoms with van der Waals surface area (Å²) in [7, 11) is 1.45. The van der Waals surface area contributed by atoms with Crippen molar-refractivity contribution < 1.29 is 14.9 Å². The summed E-state index contributed by atoms with van der Waals surface area (Å²) in [4.78, 5) is 0. The third-order valence-electron chi connectivity index (χ3n) is 1.52. The molecule has 1 aliphatic carbocycles. The van der Waals surface area contributed by atoms with Gasteiger partial charge in [-0.15, -0.1) is 0 Å². The molecule has 0 spiro atoms. The van der Waals surface area contributed by atoms with Gasteiger partial charge < -0.3 is 14.9 Å². The molecule has 62 valence electrons. The van der Waals surface area contributed by atoms with E-state index in [0.717, 1.165) is 0 Å². The lowest BCUT2D eigenvalue weighted by molar-refractivity contribution is 0.0322. The Labute approximate surface area is 73.1 Å². The quantitative estimate of drug-likeness (QED) is 0.679. The first kappa shape index (κ1) is 8.77. The normalized spacial score (nSPS) is 30.9. The molecule has 0 bridgehead atoms. The molecule has 1 aliphatic rings. The molecular weight excluding hydrogens is 212 g/mol. The molecule has 4 heteroatoms. The van der Waals surface area contributed by atoms with Crippen molar-refractivity contribution in [3.8, 4) is 0 Å². The van der Waals surface area contributed by atoms with Crippen LogP contribution in [0.25, 0.3) is 0 Å². The summed E-state index contributed by atoms with van der Waals surface area (Å²) in [5, 5.41) is 18.6. The summed E-state index contributed by atoms with van der Waals surface area (Å²) >= 11 is 3.10. The van der Waals surface area contributed by atoms with Gasteiger partial charge in [0.1, 0.15) is 18.0 Å². The van der Waals surface area contributed by atoms with E-state index in [4.69, 9.17) is 4.74 Å². The van der Waals surface area contributed by atoms with Crippen molar-refractivity contribution in [1.82, 2.24) is 0 Å². The second-order valence-corrected chi connectivity index (χ2v) is 3.13. The summed E-state index contributed by atoms with van der Waals surface area (Å²) in [5.41, 5.74) is 0. The second kappa shape index (κ2) is 3.38. The predicted octanol–water partition coefficient (Wildman–Crippen LogP) is 0.531. The van der Waals surface area contributed by atoms with Crippen LogP contribution in [0.3, 0.4) is 0 Å². The Balaban J connectivity index is 2.84. The van der Waals surface area contributed by atoms with Crippen molar-refractivity contribution in [2.75, 3.05) is 7.11 Å². The van der Waals surface area contributed by atoms with Crippen molar-refractivity contribution in [2.45, 2.75) is 12.2 Å². The summed E-state index contributed by atoms with van der Waals surface area (Å²) in [6.07, 6.45) is 1.40. The lowest BCUT2D eigenvalue weighted by atomic mass is 10.1. The minimum atomic E-state index is -0.959. The molecule has 0 aromatic carbocycles. The van der Waals surface area contributed by atoms with Crippen LogP contribution in [0, 0.1) is 0 Å². The molecule has 11 heavy (non-hydrogen) atoms. The predicted molar refractivity (Wildman–Crippen MR) is 44.1 cm³/mol. The highest BCUT2D eigenvalue weighted by molar-refractivity contribution is 9.11. The number of hydrogen-bond donors (Lipinski definition) is 2. The summed E-state index contributed by atoms with van der Waals surface area (Å²) < 4.78 is 5.37. The van der Waals surface area contributed by atoms with Crippen LogP contribution in [0.4, 0.5) is 0 Å². The Bertz CT molecular complexity index is 210. The van der Waals surface area contributed by atoms with Gasteiger partial charge in [-0.3, -0.25) is 0 Å². The largest absolute Gasteiger partial charge is 0.498 e. The highest BCUT2D eigenvalue weighted by atomic mass is 79.9. The standard InChI is InChI=1S/C7H9BrO3/c1-11-5-3-2-4(8)6(9)7(5)10/h2-3,6-7,9-10H,1H3/t6-,7+/m0/s1. The van der Waals surface area contributed by atoms with Crippen LogP contribution in [0.2, 0.25) is 0 Å². The molecule has 0 aliphatic heterocycles. The third-order valence-corrected chi connectivity index (χ3v) is 2.25. The van der Waals surface area contributed by atoms with E-state index in [0.29, 0.717) is 10.2 Å². The zero-order chi connectivity index (χ0) is 8.43. The average molecular weight is 221 g/mol. The van der Waals surface area contributed by atoms with Crippen LogP contribution < -0.4 is 0 Å². The number of halogens is 1. The van der Waals surface area contributed by atoms with Crippen molar-refractivity contribution in [3.63, 3.8) is 0 Å². The maximum Gasteiger partial charge on any atom is 0.141 e. The van der Waals surface area contributed by atoms with Gasteiger partial charge in [0, 0.05) is 4.48 Å². The maximum atomic E-state index is 9.29. The lowest BCUT2D eigenvalue weighted by Crippen LogP contribution is -2.30. The lowest BCUT2D eigenvalue weighted by Gasteiger charge is -2.22. The second-order valence-electron chi connectivity index (χ2n) is 2.21. The van der Waals surface area contributed by atoms with Gasteiger partial charge in [-0.2, -0.15) is 0 Å². The highest BCUT2D eigenvalue weighted by Gasteiger charge is 2.26. The fourth-order valence-electron chi connectivity index (χ4n) is 0.854. The molecule has 0 fully saturated rings. The molecule has 2 atom stereocenters. The smallest absolute Gasteiger partial charge is 0.141 e. The fraction of sp³-hybridized carbons (Fsp3) is 0.429. The van der Waals surface area contributed by atoms with Gasteiger partial charge in [0.05, 0.1) is 7.11 Å². The molecular formula is C7H9BrO3.